The molecule has 3 rings (SSSR count). The molecule has 0 aliphatic carbocycles. The topological polar surface area (TPSA) is 53.9 Å². The average molecular weight is 400 g/mol. The molecular weight excluding hydrogens is 370 g/mol. The number of benzene rings is 1. The van der Waals surface area contributed by atoms with E-state index in [1.807, 2.05) is 64.2 Å². The van der Waals surface area contributed by atoms with Gasteiger partial charge < -0.3 is 14.7 Å². The second kappa shape index (κ2) is 12.6. The maximum absolute atomic E-state index is 5.94. The van der Waals surface area contributed by atoms with E-state index in [0.717, 1.165) is 28.6 Å². The minimum absolute atomic E-state index is 0.453. The lowest BCUT2D eigenvalue weighted by molar-refractivity contribution is 0.562. The van der Waals surface area contributed by atoms with Crippen LogP contribution < -0.4 is 5.32 Å². The summed E-state index contributed by atoms with van der Waals surface area (Å²) in [5.41, 5.74) is 2.98. The summed E-state index contributed by atoms with van der Waals surface area (Å²) < 4.78 is 5.80. The van der Waals surface area contributed by atoms with E-state index < -0.39 is 0 Å². The predicted molar refractivity (Wildman–Crippen MR) is 123 cm³/mol. The molecule has 0 fully saturated rings. The first-order chi connectivity index (χ1) is 13.7. The molecule has 0 spiro atoms. The lowest BCUT2D eigenvalue weighted by Crippen LogP contribution is -1.89. The molecule has 2 aromatic heterocycles. The van der Waals surface area contributed by atoms with Crippen molar-refractivity contribution in [1.29, 1.82) is 0 Å². The van der Waals surface area contributed by atoms with Crippen molar-refractivity contribution >= 4 is 39.8 Å². The minimum Gasteiger partial charge on any atom is -0.424 e. The van der Waals surface area contributed by atoms with Crippen molar-refractivity contribution in [2.45, 2.75) is 41.0 Å². The summed E-state index contributed by atoms with van der Waals surface area (Å²) in [4.78, 5) is 7.48. The van der Waals surface area contributed by atoms with E-state index in [2.05, 4.69) is 28.8 Å². The van der Waals surface area contributed by atoms with Crippen molar-refractivity contribution < 1.29 is 4.42 Å². The Hall–Kier alpha value is -2.72. The lowest BCUT2D eigenvalue weighted by atomic mass is 10.1. The number of rotatable bonds is 6. The molecule has 0 unspecified atom stereocenters. The highest BCUT2D eigenvalue weighted by molar-refractivity contribution is 6.31. The number of nitrogens with one attached hydrogen (secondary N) is 2. The van der Waals surface area contributed by atoms with Gasteiger partial charge in [0.1, 0.15) is 0 Å². The zero-order valence-corrected chi connectivity index (χ0v) is 18.1. The fourth-order valence-corrected chi connectivity index (χ4v) is 2.41. The van der Waals surface area contributed by atoms with E-state index in [4.69, 9.17) is 16.0 Å². The summed E-state index contributed by atoms with van der Waals surface area (Å²) in [6.45, 7) is 13.7. The average Bonchev–Trinajstić information content (AvgIpc) is 3.40. The number of anilines is 2. The van der Waals surface area contributed by atoms with Gasteiger partial charge in [-0.15, -0.1) is 0 Å². The summed E-state index contributed by atoms with van der Waals surface area (Å²) in [5, 5.41) is 4.92. The Kier molecular flexibility index (Phi) is 10.5. The van der Waals surface area contributed by atoms with Crippen molar-refractivity contribution in [1.82, 2.24) is 9.97 Å². The van der Waals surface area contributed by atoms with Crippen LogP contribution in [0.2, 0.25) is 0 Å². The molecule has 150 valence electrons. The van der Waals surface area contributed by atoms with Crippen molar-refractivity contribution in [2.75, 3.05) is 5.32 Å². The maximum atomic E-state index is 5.94. The number of oxazole rings is 1. The van der Waals surface area contributed by atoms with E-state index in [0.29, 0.717) is 16.8 Å². The first-order valence-electron chi connectivity index (χ1n) is 9.68. The Labute approximate surface area is 173 Å². The van der Waals surface area contributed by atoms with E-state index >= 15 is 0 Å². The Morgan fingerprint density at radius 3 is 2.64 bits per heavy atom. The van der Waals surface area contributed by atoms with Crippen LogP contribution in [0.1, 0.15) is 46.8 Å². The molecular formula is C23H30ClN3O. The van der Waals surface area contributed by atoms with E-state index in [1.54, 1.807) is 18.3 Å². The number of halogens is 1. The number of nitrogens with zero attached hydrogens (tertiary/aromatic N) is 1. The van der Waals surface area contributed by atoms with Crippen LogP contribution >= 0.6 is 11.6 Å². The van der Waals surface area contributed by atoms with E-state index in [1.165, 1.54) is 0 Å². The number of hydrogen-bond acceptors (Lipinski definition) is 3. The zero-order chi connectivity index (χ0) is 20.9. The van der Waals surface area contributed by atoms with Crippen molar-refractivity contribution in [3.63, 3.8) is 0 Å². The molecule has 0 aliphatic heterocycles. The predicted octanol–water partition coefficient (Wildman–Crippen LogP) is 8.05. The van der Waals surface area contributed by atoms with Gasteiger partial charge in [-0.05, 0) is 41.7 Å². The smallest absolute Gasteiger partial charge is 0.299 e. The molecule has 0 atom stereocenters. The molecule has 2 N–H and O–H groups in total. The summed E-state index contributed by atoms with van der Waals surface area (Å²) in [6.07, 6.45) is 9.73. The summed E-state index contributed by atoms with van der Waals surface area (Å²) in [5.74, 6) is 0.714. The van der Waals surface area contributed by atoms with Crippen LogP contribution in [-0.2, 0) is 0 Å². The summed E-state index contributed by atoms with van der Waals surface area (Å²) in [7, 11) is 0. The lowest BCUT2D eigenvalue weighted by Gasteiger charge is -2.02. The van der Waals surface area contributed by atoms with Gasteiger partial charge in [-0.1, -0.05) is 71.0 Å². The molecule has 4 nitrogen and oxygen atoms in total. The highest BCUT2D eigenvalue weighted by Gasteiger charge is 2.08. The third kappa shape index (κ3) is 6.46. The number of allylic oxidation sites excluding steroid dienone is 5. The Bertz CT molecular complexity index is 919. The monoisotopic (exact) mass is 399 g/mol. The largest absolute Gasteiger partial charge is 0.424 e. The number of H-pyrrole nitrogens is 1. The van der Waals surface area contributed by atoms with Gasteiger partial charge in [0.2, 0.25) is 0 Å². The fourth-order valence-electron chi connectivity index (χ4n) is 2.35. The Balaban J connectivity index is 0.000000921. The summed E-state index contributed by atoms with van der Waals surface area (Å²) >= 11 is 5.94. The van der Waals surface area contributed by atoms with E-state index in [9.17, 15) is 0 Å². The van der Waals surface area contributed by atoms with Crippen LogP contribution in [0, 0.1) is 0 Å². The normalized spacial score (nSPS) is 11.2. The molecule has 3 aromatic rings. The van der Waals surface area contributed by atoms with Crippen molar-refractivity contribution in [3.8, 4) is 0 Å². The second-order valence-electron chi connectivity index (χ2n) is 5.24. The molecule has 0 saturated heterocycles. The summed E-state index contributed by atoms with van der Waals surface area (Å²) in [6, 6.07) is 8.53. The Morgan fingerprint density at radius 1 is 1.21 bits per heavy atom. The van der Waals surface area contributed by atoms with Gasteiger partial charge in [-0.3, -0.25) is 0 Å². The van der Waals surface area contributed by atoms with Gasteiger partial charge in [-0.25, -0.2) is 4.98 Å². The third-order valence-corrected chi connectivity index (χ3v) is 3.93. The van der Waals surface area contributed by atoms with Gasteiger partial charge in [-0.2, -0.15) is 0 Å². The van der Waals surface area contributed by atoms with Gasteiger partial charge in [0.15, 0.2) is 5.76 Å². The van der Waals surface area contributed by atoms with E-state index in [-0.39, 0.29) is 0 Å². The molecule has 0 radical (unpaired) electrons. The second-order valence-corrected chi connectivity index (χ2v) is 5.67. The van der Waals surface area contributed by atoms with Crippen LogP contribution in [0.4, 0.5) is 11.7 Å². The highest BCUT2D eigenvalue weighted by Crippen LogP contribution is 2.25. The number of aromatic amines is 1. The van der Waals surface area contributed by atoms with Crippen LogP contribution in [0.15, 0.2) is 70.9 Å². The first kappa shape index (κ1) is 23.3. The molecule has 0 bridgehead atoms. The van der Waals surface area contributed by atoms with Crippen molar-refractivity contribution in [3.05, 3.63) is 72.3 Å². The van der Waals surface area contributed by atoms with Gasteiger partial charge in [0.05, 0.1) is 6.20 Å². The van der Waals surface area contributed by atoms with Crippen LogP contribution in [0.3, 0.4) is 0 Å². The zero-order valence-electron chi connectivity index (χ0n) is 17.3. The fraction of sp³-hybridized carbons (Fsp3) is 0.261. The highest BCUT2D eigenvalue weighted by atomic mass is 35.5. The third-order valence-electron chi connectivity index (χ3n) is 3.65. The number of fused-ring (bicyclic) bond motifs is 1. The quantitative estimate of drug-likeness (QED) is 0.412. The van der Waals surface area contributed by atoms with Gasteiger partial charge in [0.25, 0.3) is 6.01 Å². The SMILES string of the molecule is C=C/C(Cl)=C\C=C(/CC)c1cnc(Nc2ccc3cc[nH]c3c2)o1.CC.CC. The molecule has 0 saturated carbocycles. The molecule has 5 heteroatoms. The van der Waals surface area contributed by atoms with Crippen LogP contribution in [0.5, 0.6) is 0 Å². The minimum atomic E-state index is 0.453. The maximum Gasteiger partial charge on any atom is 0.299 e. The van der Waals surface area contributed by atoms with Crippen LogP contribution in [-0.4, -0.2) is 9.97 Å². The Morgan fingerprint density at radius 2 is 1.96 bits per heavy atom. The first-order valence-corrected chi connectivity index (χ1v) is 10.1. The molecule has 28 heavy (non-hydrogen) atoms. The molecule has 1 aromatic carbocycles. The molecule has 2 heterocycles. The van der Waals surface area contributed by atoms with Gasteiger partial charge in [0, 0.05) is 22.4 Å². The van der Waals surface area contributed by atoms with Crippen LogP contribution in [0.25, 0.3) is 16.5 Å². The standard InChI is InChI=1S/C19H18ClN3O.2C2H6/c1-3-13(5-7-15(20)4-2)18-12-22-19(24-18)23-16-8-6-14-9-10-21-17(14)11-16;2*1-2/h4-12,21H,2-3H2,1H3,(H,22,23);2*1-2H3/b13-5+,15-7+;;. The number of hydrogen-bond donors (Lipinski definition) is 2. The van der Waals surface area contributed by atoms with Crippen molar-refractivity contribution in [2.24, 2.45) is 0 Å². The van der Waals surface area contributed by atoms with Gasteiger partial charge >= 0.3 is 0 Å². The number of aromatic nitrogens is 2. The molecule has 0 aliphatic rings. The molecule has 0 amide bonds.